The molecule has 266 valence electrons. The third kappa shape index (κ3) is 12.6. The first kappa shape index (κ1) is 39.2. The second-order valence-electron chi connectivity index (χ2n) is 16.1. The molecule has 0 unspecified atom stereocenters. The van der Waals surface area contributed by atoms with E-state index in [2.05, 4.69) is 4.42 Å². The summed E-state index contributed by atoms with van der Waals surface area (Å²) in [7, 11) is -0.0930. The van der Waals surface area contributed by atoms with Crippen molar-refractivity contribution >= 4 is 15.8 Å². The predicted molar refractivity (Wildman–Crippen MR) is 200 cm³/mol. The van der Waals surface area contributed by atoms with Gasteiger partial charge in [0.2, 0.25) is 0 Å². The molecule has 0 radical (unpaired) electrons. The quantitative estimate of drug-likeness (QED) is 0.165. The maximum Gasteiger partial charge on any atom is 2.00 e. The summed E-state index contributed by atoms with van der Waals surface area (Å²) in [6.45, 7) is 0. The van der Waals surface area contributed by atoms with Crippen LogP contribution in [0.25, 0.3) is 0 Å². The van der Waals surface area contributed by atoms with E-state index in [1.165, 1.54) is 34.0 Å². The fraction of sp³-hybridized carbons (Fsp3) is 0.900. The minimum atomic E-state index is -0.579. The minimum absolute atomic E-state index is 0. The van der Waals surface area contributed by atoms with Gasteiger partial charge in [-0.25, -0.2) is 0 Å². The van der Waals surface area contributed by atoms with E-state index in [-0.39, 0.29) is 36.3 Å². The van der Waals surface area contributed by atoms with Crippen molar-refractivity contribution in [3.63, 3.8) is 0 Å². The van der Waals surface area contributed by atoms with Gasteiger partial charge in [0.1, 0.15) is 0 Å². The first-order valence-corrected chi connectivity index (χ1v) is 23.8. The largest absolute Gasteiger partial charge is 2.00 e. The molecule has 1 aromatic rings. The van der Waals surface area contributed by atoms with E-state index in [0.717, 1.165) is 12.1 Å². The van der Waals surface area contributed by atoms with Crippen LogP contribution in [0.2, 0.25) is 0 Å². The summed E-state index contributed by atoms with van der Waals surface area (Å²) in [6, 6.07) is 2.17. The Balaban J connectivity index is 0.000000170. The Hall–Kier alpha value is 0.402. The summed E-state index contributed by atoms with van der Waals surface area (Å²) in [5.41, 5.74) is 6.20. The zero-order chi connectivity index (χ0) is 31.1. The molecule has 0 amide bonds. The number of rotatable bonds is 6. The topological polar surface area (TPSA) is 47.3 Å². The van der Waals surface area contributed by atoms with Gasteiger partial charge in [-0.15, -0.1) is 0 Å². The van der Waals surface area contributed by atoms with Gasteiger partial charge in [0, 0.05) is 15.8 Å². The molecule has 6 fully saturated rings. The average Bonchev–Trinajstić information content (AvgIpc) is 3.50. The fourth-order valence-corrected chi connectivity index (χ4v) is 21.4. The van der Waals surface area contributed by atoms with Gasteiger partial charge in [-0.05, 0) is 154 Å². The molecule has 6 heteroatoms. The molecule has 6 aliphatic rings. The molecule has 0 N–H and O–H groups in total. The van der Waals surface area contributed by atoms with Crippen LogP contribution in [0.1, 0.15) is 193 Å². The minimum Gasteiger partial charge on any atom is -0.601 e. The Morgan fingerprint density at radius 3 is 0.652 bits per heavy atom. The Morgan fingerprint density at radius 1 is 0.348 bits per heavy atom. The van der Waals surface area contributed by atoms with Crippen LogP contribution in [0.3, 0.4) is 0 Å². The Labute approximate surface area is 298 Å². The molecule has 46 heavy (non-hydrogen) atoms. The fourth-order valence-electron chi connectivity index (χ4n) is 10.9. The van der Waals surface area contributed by atoms with Crippen LogP contribution in [0, 0.1) is 0 Å². The normalized spacial score (nSPS) is 25.3. The molecule has 0 aromatic carbocycles. The van der Waals surface area contributed by atoms with Gasteiger partial charge in [0.05, 0.1) is 45.2 Å². The average molecular weight is 767 g/mol. The third-order valence-corrected chi connectivity index (χ3v) is 22.1. The molecule has 1 heterocycles. The molecule has 0 saturated heterocycles. The van der Waals surface area contributed by atoms with Crippen molar-refractivity contribution in [2.75, 3.05) is 0 Å². The van der Waals surface area contributed by atoms with Crippen LogP contribution < -0.4 is 11.3 Å². The second kappa shape index (κ2) is 22.3. The molecule has 0 spiro atoms. The van der Waals surface area contributed by atoms with E-state index in [9.17, 15) is 9.59 Å². The van der Waals surface area contributed by atoms with Crippen molar-refractivity contribution in [3.05, 3.63) is 33.0 Å². The SMILES string of the molecule is C1CCC([PH+](C2CCCCC2)C2CCCCC2)CC1.C1CCC([PH+](C2CCCCC2)C2CCCCC2)CC1.O=c1[cH-][cH-]c(=O)o1.[Pd+2]. The molecular weight excluding hydrogens is 697 g/mol. The second-order valence-corrected chi connectivity index (χ2v) is 23.0. The van der Waals surface area contributed by atoms with Gasteiger partial charge in [-0.2, -0.15) is 0 Å². The summed E-state index contributed by atoms with van der Waals surface area (Å²) < 4.78 is 3.97. The van der Waals surface area contributed by atoms with Crippen molar-refractivity contribution in [3.8, 4) is 0 Å². The van der Waals surface area contributed by atoms with E-state index in [0.29, 0.717) is 0 Å². The summed E-state index contributed by atoms with van der Waals surface area (Å²) in [6.07, 6.45) is 47.6. The van der Waals surface area contributed by atoms with Gasteiger partial charge in [-0.1, -0.05) is 38.5 Å². The van der Waals surface area contributed by atoms with E-state index >= 15 is 0 Å². The molecule has 0 bridgehead atoms. The summed E-state index contributed by atoms with van der Waals surface area (Å²) in [5, 5.41) is 0. The molecule has 1 aromatic heterocycles. The first-order valence-electron chi connectivity index (χ1n) is 20.4. The van der Waals surface area contributed by atoms with Crippen LogP contribution in [-0.4, -0.2) is 34.0 Å². The molecule has 7 rings (SSSR count). The van der Waals surface area contributed by atoms with Gasteiger partial charge in [0.25, 0.3) is 0 Å². The van der Waals surface area contributed by atoms with Crippen LogP contribution >= 0.6 is 15.8 Å². The van der Waals surface area contributed by atoms with Crippen molar-refractivity contribution in [2.24, 2.45) is 0 Å². The number of hydrogen-bond donors (Lipinski definition) is 0. The van der Waals surface area contributed by atoms with Gasteiger partial charge >= 0.3 is 20.4 Å². The smallest absolute Gasteiger partial charge is 0.601 e. The Kier molecular flexibility index (Phi) is 19.0. The molecule has 3 nitrogen and oxygen atoms in total. The molecule has 0 atom stereocenters. The molecular formula is C40H70O3P2Pd+2. The van der Waals surface area contributed by atoms with Crippen molar-refractivity contribution in [2.45, 2.75) is 227 Å². The van der Waals surface area contributed by atoms with E-state index < -0.39 is 11.3 Å². The van der Waals surface area contributed by atoms with Crippen LogP contribution in [0.5, 0.6) is 0 Å². The Morgan fingerprint density at radius 2 is 0.522 bits per heavy atom. The summed E-state index contributed by atoms with van der Waals surface area (Å²) in [4.78, 5) is 19.8. The van der Waals surface area contributed by atoms with Crippen molar-refractivity contribution in [1.82, 2.24) is 0 Å². The van der Waals surface area contributed by atoms with Crippen molar-refractivity contribution < 1.29 is 24.8 Å². The molecule has 6 saturated carbocycles. The predicted octanol–water partition coefficient (Wildman–Crippen LogP) is 11.8. The number of hydrogen-bond acceptors (Lipinski definition) is 3. The first-order chi connectivity index (χ1) is 22.2. The summed E-state index contributed by atoms with van der Waals surface area (Å²) >= 11 is 0. The van der Waals surface area contributed by atoms with Crippen molar-refractivity contribution in [1.29, 1.82) is 0 Å². The van der Waals surface area contributed by atoms with E-state index in [1.807, 2.05) is 0 Å². The van der Waals surface area contributed by atoms with Crippen LogP contribution in [0.4, 0.5) is 0 Å². The summed E-state index contributed by atoms with van der Waals surface area (Å²) in [5.74, 6) is 0. The van der Waals surface area contributed by atoms with Crippen LogP contribution in [0.15, 0.2) is 26.1 Å². The van der Waals surface area contributed by atoms with Gasteiger partial charge in [-0.3, -0.25) is 12.1 Å². The van der Waals surface area contributed by atoms with E-state index in [4.69, 9.17) is 0 Å². The zero-order valence-corrected chi connectivity index (χ0v) is 32.9. The third-order valence-electron chi connectivity index (χ3n) is 13.0. The molecule has 0 aliphatic heterocycles. The zero-order valence-electron chi connectivity index (χ0n) is 29.4. The monoisotopic (exact) mass is 766 g/mol. The standard InChI is InChI=1S/2C18H33P.C4H2O3.Pd/c2*1-4-10-16(11-5-1)19(17-12-6-2-7-13-17)18-14-8-3-9-15-18;5-3-1-2-4(6)7-3;/h2*16-18H,1-15H2;1-2H;/q;;-2;+2/p+2. The van der Waals surface area contributed by atoms with Gasteiger partial charge < -0.3 is 14.0 Å². The van der Waals surface area contributed by atoms with Gasteiger partial charge in [0.15, 0.2) is 0 Å². The Bertz CT molecular complexity index is 834. The molecule has 6 aliphatic carbocycles. The maximum absolute atomic E-state index is 9.92. The number of furan rings is 1. The van der Waals surface area contributed by atoms with E-state index in [1.54, 1.807) is 193 Å². The maximum atomic E-state index is 9.92. The van der Waals surface area contributed by atoms with Crippen LogP contribution in [-0.2, 0) is 20.4 Å².